The molecule has 0 spiro atoms. The van der Waals surface area contributed by atoms with E-state index < -0.39 is 6.09 Å². The number of nitrogens with two attached hydrogens (primary N) is 1. The minimum Gasteiger partial charge on any atom is -0.448 e. The molecule has 0 aliphatic heterocycles. The summed E-state index contributed by atoms with van der Waals surface area (Å²) in [5, 5.41) is 6.90. The monoisotopic (exact) mass is 261 g/mol. The summed E-state index contributed by atoms with van der Waals surface area (Å²) >= 11 is 0. The van der Waals surface area contributed by atoms with Crippen LogP contribution in [0.3, 0.4) is 0 Å². The van der Waals surface area contributed by atoms with Crippen molar-refractivity contribution in [2.75, 3.05) is 30.8 Å². The Balaban J connectivity index is 2.18. The van der Waals surface area contributed by atoms with Gasteiger partial charge in [0.05, 0.1) is 12.1 Å². The molecular weight excluding hydrogens is 246 g/mol. The fourth-order valence-electron chi connectivity index (χ4n) is 1.64. The first-order valence-corrected chi connectivity index (χ1v) is 5.81. The number of benzene rings is 1. The van der Waals surface area contributed by atoms with Gasteiger partial charge in [0.2, 0.25) is 5.95 Å². The van der Waals surface area contributed by atoms with E-state index >= 15 is 0 Å². The second-order valence-corrected chi connectivity index (χ2v) is 3.76. The van der Waals surface area contributed by atoms with Crippen molar-refractivity contribution in [3.05, 3.63) is 24.3 Å². The third kappa shape index (κ3) is 3.21. The van der Waals surface area contributed by atoms with Crippen molar-refractivity contribution in [1.82, 2.24) is 9.97 Å². The summed E-state index contributed by atoms with van der Waals surface area (Å²) in [6.45, 7) is 0.607. The SMILES string of the molecule is CNc1nc(NCCOC(N)=O)c2ccccc2n1. The maximum Gasteiger partial charge on any atom is 0.404 e. The Morgan fingerprint density at radius 2 is 2.16 bits per heavy atom. The van der Waals surface area contributed by atoms with Gasteiger partial charge in [0, 0.05) is 12.4 Å². The van der Waals surface area contributed by atoms with Gasteiger partial charge in [-0.05, 0) is 12.1 Å². The summed E-state index contributed by atoms with van der Waals surface area (Å²) in [5.74, 6) is 1.21. The van der Waals surface area contributed by atoms with Gasteiger partial charge >= 0.3 is 6.09 Å². The van der Waals surface area contributed by atoms with E-state index in [1.165, 1.54) is 0 Å². The molecule has 1 heterocycles. The first-order valence-electron chi connectivity index (χ1n) is 5.81. The van der Waals surface area contributed by atoms with Crippen LogP contribution in [0, 0.1) is 0 Å². The largest absolute Gasteiger partial charge is 0.448 e. The van der Waals surface area contributed by atoms with Crippen LogP contribution in [0.1, 0.15) is 0 Å². The second-order valence-electron chi connectivity index (χ2n) is 3.76. The van der Waals surface area contributed by atoms with Crippen LogP contribution in [0.15, 0.2) is 24.3 Å². The number of nitrogens with one attached hydrogen (secondary N) is 2. The molecular formula is C12H15N5O2. The zero-order valence-corrected chi connectivity index (χ0v) is 10.5. The molecule has 2 rings (SSSR count). The molecule has 2 aromatic rings. The number of primary amides is 1. The van der Waals surface area contributed by atoms with Crippen molar-refractivity contribution >= 4 is 28.8 Å². The van der Waals surface area contributed by atoms with Gasteiger partial charge in [0.1, 0.15) is 12.4 Å². The van der Waals surface area contributed by atoms with Crippen molar-refractivity contribution in [2.24, 2.45) is 5.73 Å². The van der Waals surface area contributed by atoms with Crippen molar-refractivity contribution in [3.63, 3.8) is 0 Å². The fourth-order valence-corrected chi connectivity index (χ4v) is 1.64. The molecule has 100 valence electrons. The zero-order chi connectivity index (χ0) is 13.7. The van der Waals surface area contributed by atoms with Crippen LogP contribution in [0.25, 0.3) is 10.9 Å². The van der Waals surface area contributed by atoms with E-state index in [4.69, 9.17) is 5.73 Å². The highest BCUT2D eigenvalue weighted by Crippen LogP contribution is 2.21. The van der Waals surface area contributed by atoms with Gasteiger partial charge in [-0.1, -0.05) is 12.1 Å². The number of amides is 1. The molecule has 4 N–H and O–H groups in total. The summed E-state index contributed by atoms with van der Waals surface area (Å²) < 4.78 is 4.65. The number of hydrogen-bond acceptors (Lipinski definition) is 6. The molecule has 1 aromatic heterocycles. The van der Waals surface area contributed by atoms with Gasteiger partial charge in [-0.3, -0.25) is 0 Å². The Kier molecular flexibility index (Phi) is 3.97. The van der Waals surface area contributed by atoms with Crippen LogP contribution in [0.5, 0.6) is 0 Å². The lowest BCUT2D eigenvalue weighted by atomic mass is 10.2. The highest BCUT2D eigenvalue weighted by molar-refractivity contribution is 5.89. The van der Waals surface area contributed by atoms with Gasteiger partial charge < -0.3 is 21.1 Å². The highest BCUT2D eigenvalue weighted by atomic mass is 16.5. The number of para-hydroxylation sites is 1. The molecule has 7 heteroatoms. The normalized spacial score (nSPS) is 10.2. The lowest BCUT2D eigenvalue weighted by molar-refractivity contribution is 0.161. The molecule has 0 atom stereocenters. The Morgan fingerprint density at radius 1 is 1.37 bits per heavy atom. The molecule has 0 aliphatic rings. The maximum atomic E-state index is 10.5. The molecule has 1 amide bonds. The van der Waals surface area contributed by atoms with E-state index in [0.717, 1.165) is 10.9 Å². The van der Waals surface area contributed by atoms with Crippen LogP contribution in [0.2, 0.25) is 0 Å². The number of carbonyl (C=O) groups excluding carboxylic acids is 1. The fraction of sp³-hybridized carbons (Fsp3) is 0.250. The van der Waals surface area contributed by atoms with Crippen LogP contribution < -0.4 is 16.4 Å². The van der Waals surface area contributed by atoms with E-state index in [9.17, 15) is 4.79 Å². The van der Waals surface area contributed by atoms with Crippen LogP contribution in [-0.4, -0.2) is 36.3 Å². The molecule has 0 fully saturated rings. The first kappa shape index (κ1) is 12.9. The smallest absolute Gasteiger partial charge is 0.404 e. The van der Waals surface area contributed by atoms with Crippen LogP contribution >= 0.6 is 0 Å². The molecule has 0 radical (unpaired) electrons. The average Bonchev–Trinajstić information content (AvgIpc) is 2.42. The third-order valence-corrected chi connectivity index (χ3v) is 2.47. The number of fused-ring (bicyclic) bond motifs is 1. The summed E-state index contributed by atoms with van der Waals surface area (Å²) in [4.78, 5) is 19.1. The third-order valence-electron chi connectivity index (χ3n) is 2.47. The summed E-state index contributed by atoms with van der Waals surface area (Å²) in [6.07, 6.45) is -0.787. The minimum atomic E-state index is -0.787. The zero-order valence-electron chi connectivity index (χ0n) is 10.5. The molecule has 19 heavy (non-hydrogen) atoms. The standard InChI is InChI=1S/C12H15N5O2/c1-14-12-16-9-5-3-2-4-8(9)10(17-12)15-6-7-19-11(13)18/h2-5H,6-7H2,1H3,(H2,13,18)(H2,14,15,16,17). The van der Waals surface area contributed by atoms with Gasteiger partial charge in [-0.2, -0.15) is 4.98 Å². The van der Waals surface area contributed by atoms with Crippen molar-refractivity contribution < 1.29 is 9.53 Å². The molecule has 0 bridgehead atoms. The first-order chi connectivity index (χ1) is 9.20. The summed E-state index contributed by atoms with van der Waals surface area (Å²) in [7, 11) is 1.75. The van der Waals surface area contributed by atoms with Gasteiger partial charge in [-0.15, -0.1) is 0 Å². The number of ether oxygens (including phenoxy) is 1. The minimum absolute atomic E-state index is 0.183. The number of aromatic nitrogens is 2. The van der Waals surface area contributed by atoms with E-state index in [1.807, 2.05) is 24.3 Å². The topological polar surface area (TPSA) is 102 Å². The number of anilines is 2. The molecule has 7 nitrogen and oxygen atoms in total. The van der Waals surface area contributed by atoms with Crippen molar-refractivity contribution in [1.29, 1.82) is 0 Å². The van der Waals surface area contributed by atoms with Crippen molar-refractivity contribution in [2.45, 2.75) is 0 Å². The average molecular weight is 261 g/mol. The van der Waals surface area contributed by atoms with Crippen LogP contribution in [0.4, 0.5) is 16.6 Å². The number of nitrogens with zero attached hydrogens (tertiary/aromatic N) is 2. The molecule has 0 aliphatic carbocycles. The Labute approximate surface area is 110 Å². The van der Waals surface area contributed by atoms with E-state index in [1.54, 1.807) is 7.05 Å². The van der Waals surface area contributed by atoms with Crippen molar-refractivity contribution in [3.8, 4) is 0 Å². The number of rotatable bonds is 5. The van der Waals surface area contributed by atoms with E-state index in [2.05, 4.69) is 25.3 Å². The Hall–Kier alpha value is -2.57. The lowest BCUT2D eigenvalue weighted by Crippen LogP contribution is -2.19. The predicted molar refractivity (Wildman–Crippen MR) is 73.1 cm³/mol. The molecule has 0 saturated heterocycles. The van der Waals surface area contributed by atoms with E-state index in [-0.39, 0.29) is 6.61 Å². The Morgan fingerprint density at radius 3 is 2.89 bits per heavy atom. The molecule has 0 unspecified atom stereocenters. The number of hydrogen-bond donors (Lipinski definition) is 3. The van der Waals surface area contributed by atoms with Gasteiger partial charge in [0.15, 0.2) is 0 Å². The Bertz CT molecular complexity index is 587. The van der Waals surface area contributed by atoms with Gasteiger partial charge in [-0.25, -0.2) is 9.78 Å². The van der Waals surface area contributed by atoms with Gasteiger partial charge in [0.25, 0.3) is 0 Å². The summed E-state index contributed by atoms with van der Waals surface area (Å²) in [5.41, 5.74) is 5.72. The lowest BCUT2D eigenvalue weighted by Gasteiger charge is -2.10. The molecule has 1 aromatic carbocycles. The molecule has 0 saturated carbocycles. The quantitative estimate of drug-likeness (QED) is 0.698. The van der Waals surface area contributed by atoms with E-state index in [0.29, 0.717) is 18.3 Å². The van der Waals surface area contributed by atoms with Crippen LogP contribution in [-0.2, 0) is 4.74 Å². The predicted octanol–water partition coefficient (Wildman–Crippen LogP) is 1.18. The second kappa shape index (κ2) is 5.85. The summed E-state index contributed by atoms with van der Waals surface area (Å²) in [6, 6.07) is 7.65. The maximum absolute atomic E-state index is 10.5. The number of carbonyl (C=O) groups is 1. The highest BCUT2D eigenvalue weighted by Gasteiger charge is 2.06.